The van der Waals surface area contributed by atoms with Gasteiger partial charge in [-0.25, -0.2) is 0 Å². The summed E-state index contributed by atoms with van der Waals surface area (Å²) in [6, 6.07) is 3.11. The molecule has 0 bridgehead atoms. The highest BCUT2D eigenvalue weighted by Gasteiger charge is 2.74. The van der Waals surface area contributed by atoms with Crippen molar-refractivity contribution in [2.75, 3.05) is 27.2 Å². The number of aliphatic hydroxyl groups excluding tert-OH is 1. The van der Waals surface area contributed by atoms with Gasteiger partial charge in [0.25, 0.3) is 0 Å². The minimum absolute atomic E-state index is 0.0291. The highest BCUT2D eigenvalue weighted by atomic mass is 35.5. The number of allylic oxidation sites excluding steroid dienone is 1. The van der Waals surface area contributed by atoms with E-state index in [0.717, 1.165) is 43.3 Å². The molecule has 0 aliphatic heterocycles. The number of aliphatic hydroxyl groups is 1. The summed E-state index contributed by atoms with van der Waals surface area (Å²) in [5, 5.41) is 23.0. The molecule has 0 spiro atoms. The van der Waals surface area contributed by atoms with Gasteiger partial charge >= 0.3 is 11.9 Å². The number of aliphatic carboxylic acids is 1. The van der Waals surface area contributed by atoms with Crippen LogP contribution >= 0.6 is 11.6 Å². The topological polar surface area (TPSA) is 163 Å². The molecule has 1 amide bonds. The number of nitrogens with two attached hydrogens (primary N) is 1. The van der Waals surface area contributed by atoms with Gasteiger partial charge in [-0.2, -0.15) is 0 Å². The summed E-state index contributed by atoms with van der Waals surface area (Å²) in [7, 11) is 3.69. The van der Waals surface area contributed by atoms with Crippen LogP contribution in [0.5, 0.6) is 0 Å². The monoisotopic (exact) mass is 853 g/mol. The maximum Gasteiger partial charge on any atom is 0.309 e. The Morgan fingerprint density at radius 3 is 2.22 bits per heavy atom. The molecule has 0 radical (unpaired) electrons. The number of likely N-dealkylation sites (N-methyl/N-ethyl adjacent to an activating group) is 1. The van der Waals surface area contributed by atoms with Crippen LogP contribution in [-0.2, 0) is 23.9 Å². The lowest BCUT2D eigenvalue weighted by Crippen LogP contribution is -2.74. The fourth-order valence-corrected chi connectivity index (χ4v) is 14.2. The molecule has 5 aliphatic carbocycles. The van der Waals surface area contributed by atoms with Gasteiger partial charge in [-0.3, -0.25) is 24.2 Å². The van der Waals surface area contributed by atoms with E-state index in [-0.39, 0.29) is 71.8 Å². The van der Waals surface area contributed by atoms with Crippen LogP contribution < -0.4 is 5.73 Å². The molecule has 60 heavy (non-hydrogen) atoms. The van der Waals surface area contributed by atoms with E-state index >= 15 is 0 Å². The number of esters is 1. The summed E-state index contributed by atoms with van der Waals surface area (Å²) in [6.45, 7) is 21.1. The Kier molecular flexibility index (Phi) is 12.2. The summed E-state index contributed by atoms with van der Waals surface area (Å²) < 4.78 is 6.18. The number of aromatic nitrogens is 1. The molecule has 334 valence electrons. The first-order valence-electron chi connectivity index (χ1n) is 22.4. The highest BCUT2D eigenvalue weighted by Crippen LogP contribution is 2.77. The Hall–Kier alpha value is -2.86. The second kappa shape index (κ2) is 15.7. The Balaban J connectivity index is 1.34. The molecule has 10 atom stereocenters. The smallest absolute Gasteiger partial charge is 0.309 e. The Morgan fingerprint density at radius 2 is 1.63 bits per heavy atom. The number of ether oxygens (including phenoxy) is 1. The Labute approximate surface area is 363 Å². The number of halogens is 1. The number of carboxylic acid groups (broad SMARTS) is 1. The standard InChI is InChI=1S/C48H73ClN4O7/c1-28(2)39-32(54)23-47(35(55)26-53(37(56)27-52(11)12)29(3)31-14-13-30(49)25-51-31)22-21-46(10)45(9)19-15-33-43(6,7)36(60-38(57)24-42(4,5)41(58)59)17-18-44(33,8)34(45)16-20-48(46,50)40(39)47/h13-14,25,28-29,33-36,55H,15-24,26-27,50H2,1-12H3,(H,58,59)/t29-,33+,34-,35+,36?,44+,45?,46+,47+,48+/m1/s1. The van der Waals surface area contributed by atoms with E-state index in [9.17, 15) is 29.4 Å². The van der Waals surface area contributed by atoms with Gasteiger partial charge in [-0.15, -0.1) is 0 Å². The lowest BCUT2D eigenvalue weighted by atomic mass is 9.31. The number of ketones is 1. The van der Waals surface area contributed by atoms with Crippen LogP contribution in [0.4, 0.5) is 0 Å². The third-order valence-corrected chi connectivity index (χ3v) is 17.8. The SMILES string of the molecule is CC(C)C1=C2[C@@]([C@@H](O)CN(C(=O)CN(C)C)[C@H](C)c3ccc(Cl)cn3)(CC[C@@]3(C)C4(C)CC[C@H]5C(C)(C)C(OC(=O)CC(C)(C)C(=O)O)CC[C@]5(C)[C@H]4CC[C@]23N)CC1=O. The number of carbonyl (C=O) groups is 4. The highest BCUT2D eigenvalue weighted by molar-refractivity contribution is 6.30. The van der Waals surface area contributed by atoms with E-state index in [2.05, 4.69) is 53.5 Å². The van der Waals surface area contributed by atoms with Crippen molar-refractivity contribution in [2.24, 2.45) is 56.0 Å². The van der Waals surface area contributed by atoms with Crippen LogP contribution in [0.15, 0.2) is 29.5 Å². The van der Waals surface area contributed by atoms with Gasteiger partial charge in [-0.05, 0) is 144 Å². The van der Waals surface area contributed by atoms with Crippen LogP contribution in [0.25, 0.3) is 0 Å². The second-order valence-corrected chi connectivity index (χ2v) is 22.6. The average molecular weight is 854 g/mol. The van der Waals surface area contributed by atoms with E-state index in [1.165, 1.54) is 0 Å². The number of carbonyl (C=O) groups excluding carboxylic acids is 3. The fourth-order valence-electron chi connectivity index (χ4n) is 14.1. The van der Waals surface area contributed by atoms with E-state index in [1.54, 1.807) is 31.0 Å². The predicted octanol–water partition coefficient (Wildman–Crippen LogP) is 8.02. The Bertz CT molecular complexity index is 1910. The number of hydrogen-bond donors (Lipinski definition) is 3. The van der Waals surface area contributed by atoms with Crippen molar-refractivity contribution >= 4 is 35.2 Å². The normalized spacial score (nSPS) is 35.9. The number of carboxylic acids is 1. The predicted molar refractivity (Wildman–Crippen MR) is 233 cm³/mol. The van der Waals surface area contributed by atoms with Crippen molar-refractivity contribution in [3.63, 3.8) is 0 Å². The molecule has 5 aliphatic rings. The van der Waals surface area contributed by atoms with E-state index in [1.807, 2.05) is 32.0 Å². The first kappa shape index (κ1) is 46.6. The van der Waals surface area contributed by atoms with Gasteiger partial charge in [0.1, 0.15) is 6.10 Å². The number of Topliss-reactive ketones (excluding diaryl/α,β-unsaturated/α-hetero) is 1. The van der Waals surface area contributed by atoms with Crippen LogP contribution in [0.1, 0.15) is 145 Å². The van der Waals surface area contributed by atoms with Crippen LogP contribution in [-0.4, -0.2) is 93.6 Å². The molecule has 11 nitrogen and oxygen atoms in total. The van der Waals surface area contributed by atoms with Gasteiger partial charge in [0, 0.05) is 35.5 Å². The number of pyridine rings is 1. The van der Waals surface area contributed by atoms with Crippen molar-refractivity contribution in [3.05, 3.63) is 40.2 Å². The molecular formula is C48H73ClN4O7. The number of fused-ring (bicyclic) bond motifs is 7. The summed E-state index contributed by atoms with van der Waals surface area (Å²) in [4.78, 5) is 61.6. The largest absolute Gasteiger partial charge is 0.481 e. The molecule has 0 aromatic carbocycles. The van der Waals surface area contributed by atoms with Gasteiger partial charge < -0.3 is 30.5 Å². The van der Waals surface area contributed by atoms with E-state index < -0.39 is 45.9 Å². The first-order valence-corrected chi connectivity index (χ1v) is 22.7. The fraction of sp³-hybridized carbons (Fsp3) is 0.771. The van der Waals surface area contributed by atoms with Crippen molar-refractivity contribution in [2.45, 2.75) is 157 Å². The van der Waals surface area contributed by atoms with Crippen molar-refractivity contribution in [1.29, 1.82) is 0 Å². The zero-order valence-electron chi connectivity index (χ0n) is 38.4. The maximum absolute atomic E-state index is 14.5. The number of nitrogens with zero attached hydrogens (tertiary/aromatic N) is 3. The van der Waals surface area contributed by atoms with Gasteiger partial charge in [0.05, 0.1) is 41.2 Å². The van der Waals surface area contributed by atoms with Crippen molar-refractivity contribution in [3.8, 4) is 0 Å². The third-order valence-electron chi connectivity index (χ3n) is 17.6. The molecular weight excluding hydrogens is 780 g/mol. The van der Waals surface area contributed by atoms with E-state index in [4.69, 9.17) is 22.1 Å². The minimum atomic E-state index is -1.21. The summed E-state index contributed by atoms with van der Waals surface area (Å²) in [5.41, 5.74) is 6.45. The number of amides is 1. The minimum Gasteiger partial charge on any atom is -0.481 e. The lowest BCUT2D eigenvalue weighted by molar-refractivity contribution is -0.239. The summed E-state index contributed by atoms with van der Waals surface area (Å²) in [6.07, 6.45) is 6.52. The molecule has 4 saturated carbocycles. The van der Waals surface area contributed by atoms with Gasteiger partial charge in [0.2, 0.25) is 5.91 Å². The average Bonchev–Trinajstić information content (AvgIpc) is 3.46. The molecule has 1 heterocycles. The molecule has 2 unspecified atom stereocenters. The van der Waals surface area contributed by atoms with Gasteiger partial charge in [-0.1, -0.05) is 60.1 Å². The van der Waals surface area contributed by atoms with Crippen LogP contribution in [0.2, 0.25) is 5.02 Å². The van der Waals surface area contributed by atoms with Gasteiger partial charge in [0.15, 0.2) is 5.78 Å². The van der Waals surface area contributed by atoms with Crippen molar-refractivity contribution in [1.82, 2.24) is 14.8 Å². The molecule has 12 heteroatoms. The molecule has 4 N–H and O–H groups in total. The molecule has 1 aromatic heterocycles. The lowest BCUT2D eigenvalue weighted by Gasteiger charge is -2.74. The third kappa shape index (κ3) is 7.17. The zero-order valence-corrected chi connectivity index (χ0v) is 39.2. The summed E-state index contributed by atoms with van der Waals surface area (Å²) >= 11 is 6.19. The molecule has 0 saturated heterocycles. The molecule has 4 fully saturated rings. The summed E-state index contributed by atoms with van der Waals surface area (Å²) in [5.74, 6) is -1.08. The quantitative estimate of drug-likeness (QED) is 0.176. The first-order chi connectivity index (χ1) is 27.6. The number of hydrogen-bond acceptors (Lipinski definition) is 9. The van der Waals surface area contributed by atoms with Crippen LogP contribution in [0.3, 0.4) is 0 Å². The van der Waals surface area contributed by atoms with Crippen LogP contribution in [0, 0.1) is 50.2 Å². The van der Waals surface area contributed by atoms with Crippen molar-refractivity contribution < 1.29 is 34.1 Å². The molecule has 6 rings (SSSR count). The van der Waals surface area contributed by atoms with E-state index in [0.29, 0.717) is 35.9 Å². The second-order valence-electron chi connectivity index (χ2n) is 22.2. The maximum atomic E-state index is 14.5. The molecule has 1 aromatic rings. The Morgan fingerprint density at radius 1 is 0.983 bits per heavy atom. The zero-order chi connectivity index (χ0) is 44.8. The number of rotatable bonds is 12.